The van der Waals surface area contributed by atoms with Gasteiger partial charge >= 0.3 is 0 Å². The average Bonchev–Trinajstić information content (AvgIpc) is 2.79. The van der Waals surface area contributed by atoms with Gasteiger partial charge in [-0.15, -0.1) is 6.42 Å². The van der Waals surface area contributed by atoms with E-state index in [1.807, 2.05) is 0 Å². The van der Waals surface area contributed by atoms with Gasteiger partial charge in [-0.25, -0.2) is 36.9 Å². The fraction of sp³-hybridized carbons (Fsp3) is 0.364. The number of benzene rings is 1. The Morgan fingerprint density at radius 2 is 2.09 bits per heavy atom. The van der Waals surface area contributed by atoms with Crippen molar-refractivity contribution in [2.75, 3.05) is 13.3 Å². The molecule has 12 heteroatoms. The second kappa shape index (κ2) is 9.62. The van der Waals surface area contributed by atoms with Crippen LogP contribution < -0.4 is 10.5 Å². The summed E-state index contributed by atoms with van der Waals surface area (Å²) in [5, 5.41) is 0. The maximum Gasteiger partial charge on any atom is 0.283 e. The van der Waals surface area contributed by atoms with Gasteiger partial charge in [-0.2, -0.15) is 0 Å². The molecule has 0 amide bonds. The Labute approximate surface area is 191 Å². The minimum absolute atomic E-state index is 0.0568. The molecular formula is C22H19F5N4O3. The van der Waals surface area contributed by atoms with Gasteiger partial charge in [-0.05, 0) is 17.7 Å². The number of Topliss-reactive ketones (excluding diaryl/α,β-unsaturated/α-hetero) is 1. The fourth-order valence-corrected chi connectivity index (χ4v) is 3.40. The summed E-state index contributed by atoms with van der Waals surface area (Å²) in [7, 11) is 0. The lowest BCUT2D eigenvalue weighted by atomic mass is 9.82. The van der Waals surface area contributed by atoms with E-state index in [2.05, 4.69) is 20.9 Å². The third-order valence-corrected chi connectivity index (χ3v) is 5.07. The number of halogens is 5. The largest absolute Gasteiger partial charge is 0.463 e. The number of aromatic nitrogens is 2. The Morgan fingerprint density at radius 3 is 2.68 bits per heavy atom. The van der Waals surface area contributed by atoms with Crippen molar-refractivity contribution in [3.05, 3.63) is 53.0 Å². The molecule has 0 spiro atoms. The number of terminal acetylenes is 1. The second-order valence-electron chi connectivity index (χ2n) is 7.65. The van der Waals surface area contributed by atoms with Gasteiger partial charge in [-0.1, -0.05) is 5.92 Å². The summed E-state index contributed by atoms with van der Waals surface area (Å²) in [5.74, 6) is -4.71. The highest BCUT2D eigenvalue weighted by molar-refractivity contribution is 5.95. The molecule has 0 radical (unpaired) electrons. The van der Waals surface area contributed by atoms with E-state index in [1.165, 1.54) is 0 Å². The predicted molar refractivity (Wildman–Crippen MR) is 110 cm³/mol. The minimum atomic E-state index is -3.47. The van der Waals surface area contributed by atoms with Crippen molar-refractivity contribution in [1.82, 2.24) is 9.97 Å². The highest BCUT2D eigenvalue weighted by Crippen LogP contribution is 2.41. The van der Waals surface area contributed by atoms with Gasteiger partial charge in [0.15, 0.2) is 30.1 Å². The van der Waals surface area contributed by atoms with Crippen LogP contribution in [0.4, 0.5) is 22.0 Å². The van der Waals surface area contributed by atoms with Crippen molar-refractivity contribution in [2.45, 2.75) is 37.3 Å². The van der Waals surface area contributed by atoms with Crippen LogP contribution in [0.1, 0.15) is 35.0 Å². The van der Waals surface area contributed by atoms with Gasteiger partial charge in [0, 0.05) is 25.3 Å². The molecule has 2 aromatic rings. The number of rotatable bonds is 8. The zero-order chi connectivity index (χ0) is 25.1. The number of nitrogens with zero attached hydrogens (tertiary/aromatic N) is 3. The van der Waals surface area contributed by atoms with Crippen LogP contribution in [0, 0.1) is 24.0 Å². The van der Waals surface area contributed by atoms with Crippen LogP contribution >= 0.6 is 0 Å². The first kappa shape index (κ1) is 24.9. The zero-order valence-electron chi connectivity index (χ0n) is 17.8. The summed E-state index contributed by atoms with van der Waals surface area (Å²) in [5.41, 5.74) is 2.34. The van der Waals surface area contributed by atoms with E-state index < -0.39 is 66.1 Å². The van der Waals surface area contributed by atoms with Crippen molar-refractivity contribution < 1.29 is 36.2 Å². The van der Waals surface area contributed by atoms with E-state index in [1.54, 1.807) is 0 Å². The third-order valence-electron chi connectivity index (χ3n) is 5.07. The standard InChI is InChI=1S/C22H19F5N4O3/c1-3-4-33-18-10-29-15(9-30-18)16(32)7-12-5-13(19(25)14(24)6-12)22(11-23)8-17(21(2,26)27)34-20(28)31-22/h1,5-6,9-10,17H,4,7-8,11H2,2H3,(H2,28,31)/t17-,22+/m0/s1. The SMILES string of the molecule is C#CCOc1cnc(C(=O)Cc2cc(F)c(F)c([C@]3(CF)C[C@@H](C(C)(F)F)OC(N)=N3)c2)cn1. The number of ketones is 1. The van der Waals surface area contributed by atoms with Gasteiger partial charge in [0.2, 0.25) is 5.88 Å². The van der Waals surface area contributed by atoms with E-state index in [0.717, 1.165) is 24.5 Å². The lowest BCUT2D eigenvalue weighted by Gasteiger charge is -2.38. The lowest BCUT2D eigenvalue weighted by Crippen LogP contribution is -2.48. The van der Waals surface area contributed by atoms with Gasteiger partial charge in [0.05, 0.1) is 12.4 Å². The summed E-state index contributed by atoms with van der Waals surface area (Å²) in [6.45, 7) is -1.00. The van der Waals surface area contributed by atoms with E-state index >= 15 is 0 Å². The normalized spacial score (nSPS) is 20.1. The maximum absolute atomic E-state index is 14.7. The van der Waals surface area contributed by atoms with Crippen molar-refractivity contribution >= 4 is 11.8 Å². The maximum atomic E-state index is 14.7. The molecular weight excluding hydrogens is 463 g/mol. The summed E-state index contributed by atoms with van der Waals surface area (Å²) in [6.07, 6.45) is 4.11. The molecule has 180 valence electrons. The topological polar surface area (TPSA) is 99.7 Å². The van der Waals surface area contributed by atoms with Crippen LogP contribution in [0.3, 0.4) is 0 Å². The number of carbonyl (C=O) groups is 1. The molecule has 0 bridgehead atoms. The monoisotopic (exact) mass is 482 g/mol. The molecule has 34 heavy (non-hydrogen) atoms. The molecule has 2 atom stereocenters. The minimum Gasteiger partial charge on any atom is -0.463 e. The van der Waals surface area contributed by atoms with Crippen LogP contribution in [0.15, 0.2) is 29.5 Å². The van der Waals surface area contributed by atoms with Crippen LogP contribution in [-0.4, -0.2) is 47.1 Å². The Kier molecular flexibility index (Phi) is 7.04. The number of alkyl halides is 3. The van der Waals surface area contributed by atoms with Gasteiger partial charge < -0.3 is 15.2 Å². The molecule has 3 rings (SSSR count). The number of carbonyl (C=O) groups excluding carboxylic acids is 1. The number of hydrogen-bond donors (Lipinski definition) is 1. The Hall–Kier alpha value is -3.75. The molecule has 7 nitrogen and oxygen atoms in total. The van der Waals surface area contributed by atoms with E-state index in [0.29, 0.717) is 6.92 Å². The molecule has 2 heterocycles. The molecule has 1 aliphatic rings. The Balaban J connectivity index is 1.93. The first-order chi connectivity index (χ1) is 16.0. The smallest absolute Gasteiger partial charge is 0.283 e. The first-order valence-electron chi connectivity index (χ1n) is 9.84. The highest BCUT2D eigenvalue weighted by Gasteiger charge is 2.49. The van der Waals surface area contributed by atoms with E-state index in [4.69, 9.17) is 21.6 Å². The zero-order valence-corrected chi connectivity index (χ0v) is 17.8. The molecule has 1 aromatic carbocycles. The van der Waals surface area contributed by atoms with Gasteiger partial charge in [0.25, 0.3) is 11.9 Å². The Bertz CT molecular complexity index is 1140. The molecule has 0 saturated carbocycles. The van der Waals surface area contributed by atoms with Gasteiger partial charge in [-0.3, -0.25) is 4.79 Å². The third kappa shape index (κ3) is 5.24. The highest BCUT2D eigenvalue weighted by atomic mass is 19.3. The second-order valence-corrected chi connectivity index (χ2v) is 7.65. The average molecular weight is 482 g/mol. The summed E-state index contributed by atoms with van der Waals surface area (Å²) in [6, 6.07) is 0.929. The summed E-state index contributed by atoms with van der Waals surface area (Å²) in [4.78, 5) is 24.0. The molecule has 0 saturated heterocycles. The van der Waals surface area contributed by atoms with Gasteiger partial charge in [0.1, 0.15) is 17.9 Å². The van der Waals surface area contributed by atoms with Crippen LogP contribution in [0.2, 0.25) is 0 Å². The summed E-state index contributed by atoms with van der Waals surface area (Å²) >= 11 is 0. The molecule has 1 aliphatic heterocycles. The number of nitrogens with two attached hydrogens (primary N) is 1. The molecule has 1 aromatic heterocycles. The molecule has 0 fully saturated rings. The van der Waals surface area contributed by atoms with Crippen molar-refractivity contribution in [3.63, 3.8) is 0 Å². The number of ether oxygens (including phenoxy) is 2. The first-order valence-corrected chi connectivity index (χ1v) is 9.84. The number of aliphatic imine (C=N–C) groups is 1. The van der Waals surface area contributed by atoms with Crippen LogP contribution in [0.5, 0.6) is 5.88 Å². The predicted octanol–water partition coefficient (Wildman–Crippen LogP) is 3.12. The van der Waals surface area contributed by atoms with Crippen molar-refractivity contribution in [1.29, 1.82) is 0 Å². The quantitative estimate of drug-likeness (QED) is 0.353. The van der Waals surface area contributed by atoms with Crippen molar-refractivity contribution in [2.24, 2.45) is 10.7 Å². The molecule has 0 unspecified atom stereocenters. The number of amidine groups is 1. The van der Waals surface area contributed by atoms with E-state index in [9.17, 15) is 26.7 Å². The van der Waals surface area contributed by atoms with E-state index in [-0.39, 0.29) is 23.7 Å². The van der Waals surface area contributed by atoms with Crippen LogP contribution in [-0.2, 0) is 16.7 Å². The summed E-state index contributed by atoms with van der Waals surface area (Å²) < 4.78 is 81.0. The van der Waals surface area contributed by atoms with Crippen LogP contribution in [0.25, 0.3) is 0 Å². The fourth-order valence-electron chi connectivity index (χ4n) is 3.40. The van der Waals surface area contributed by atoms with Crippen molar-refractivity contribution in [3.8, 4) is 18.2 Å². The number of hydrogen-bond acceptors (Lipinski definition) is 7. The Morgan fingerprint density at radius 1 is 1.35 bits per heavy atom. The molecule has 0 aliphatic carbocycles. The lowest BCUT2D eigenvalue weighted by molar-refractivity contribution is -0.106. The molecule has 2 N–H and O–H groups in total.